The number of hydroxylamine groups is 1. The number of para-hydroxylation sites is 1. The lowest BCUT2D eigenvalue weighted by Gasteiger charge is -2.29. The van der Waals surface area contributed by atoms with Gasteiger partial charge in [0.2, 0.25) is 5.91 Å². The Morgan fingerprint density at radius 2 is 1.58 bits per heavy atom. The Morgan fingerprint density at radius 3 is 2.29 bits per heavy atom. The molecular formula is C24H19BrN2O4. The Hall–Kier alpha value is -3.16. The molecular weight excluding hydrogens is 460 g/mol. The molecule has 2 amide bonds. The third-order valence-electron chi connectivity index (χ3n) is 5.71. The maximum Gasteiger partial charge on any atom is 0.262 e. The highest BCUT2D eigenvalue weighted by atomic mass is 79.9. The molecule has 0 radical (unpaired) electrons. The predicted octanol–water partition coefficient (Wildman–Crippen LogP) is 4.20. The molecule has 5 rings (SSSR count). The molecule has 2 saturated heterocycles. The third kappa shape index (κ3) is 3.40. The number of hydrogen-bond acceptors (Lipinski definition) is 5. The zero-order chi connectivity index (χ0) is 21.5. The molecule has 0 aromatic heterocycles. The van der Waals surface area contributed by atoms with Gasteiger partial charge in [0.25, 0.3) is 5.91 Å². The van der Waals surface area contributed by atoms with Crippen LogP contribution in [0.15, 0.2) is 83.3 Å². The maximum absolute atomic E-state index is 13.5. The first-order valence-corrected chi connectivity index (χ1v) is 10.7. The van der Waals surface area contributed by atoms with E-state index < -0.39 is 18.1 Å². The summed E-state index contributed by atoms with van der Waals surface area (Å²) in [6.07, 6.45) is -0.945. The van der Waals surface area contributed by atoms with Gasteiger partial charge in [-0.15, -0.1) is 0 Å². The molecule has 3 unspecified atom stereocenters. The first-order valence-electron chi connectivity index (χ1n) is 9.93. The van der Waals surface area contributed by atoms with E-state index in [-0.39, 0.29) is 24.1 Å². The van der Waals surface area contributed by atoms with E-state index in [9.17, 15) is 14.7 Å². The standard InChI is InChI=1S/C24H19BrN2O4/c25-16-11-12-19(28)18(13-16)21-20-22(31-27(21)17-9-5-2-6-10-17)24(30)26(23(20)29)14-15-7-3-1-4-8-15/h1-13,20-22,28H,14H2. The van der Waals surface area contributed by atoms with Crippen LogP contribution in [0.5, 0.6) is 5.75 Å². The highest BCUT2D eigenvalue weighted by molar-refractivity contribution is 9.10. The number of aromatic hydroxyl groups is 1. The highest BCUT2D eigenvalue weighted by Gasteiger charge is 2.60. The summed E-state index contributed by atoms with van der Waals surface area (Å²) in [5.41, 5.74) is 2.09. The molecule has 1 N–H and O–H groups in total. The van der Waals surface area contributed by atoms with E-state index in [0.29, 0.717) is 11.3 Å². The number of halogens is 1. The van der Waals surface area contributed by atoms with Gasteiger partial charge >= 0.3 is 0 Å². The summed E-state index contributed by atoms with van der Waals surface area (Å²) in [5, 5.41) is 12.2. The highest BCUT2D eigenvalue weighted by Crippen LogP contribution is 2.49. The summed E-state index contributed by atoms with van der Waals surface area (Å²) in [6.45, 7) is 0.192. The summed E-state index contributed by atoms with van der Waals surface area (Å²) < 4.78 is 0.759. The number of amides is 2. The Kier molecular flexibility index (Phi) is 5.00. The fraction of sp³-hybridized carbons (Fsp3) is 0.167. The van der Waals surface area contributed by atoms with Crippen LogP contribution in [0.1, 0.15) is 17.2 Å². The molecule has 2 fully saturated rings. The van der Waals surface area contributed by atoms with Gasteiger partial charge in [-0.3, -0.25) is 19.3 Å². The molecule has 0 saturated carbocycles. The second-order valence-corrected chi connectivity index (χ2v) is 8.53. The number of fused-ring (bicyclic) bond motifs is 1. The molecule has 2 aliphatic heterocycles. The SMILES string of the molecule is O=C1C2ON(c3ccccc3)C(c3cc(Br)ccc3O)C2C(=O)N1Cc1ccccc1. The summed E-state index contributed by atoms with van der Waals surface area (Å²) >= 11 is 3.44. The second-order valence-electron chi connectivity index (χ2n) is 7.61. The number of hydrogen-bond donors (Lipinski definition) is 1. The van der Waals surface area contributed by atoms with Crippen LogP contribution in [-0.4, -0.2) is 27.9 Å². The van der Waals surface area contributed by atoms with Gasteiger partial charge in [0.15, 0.2) is 6.10 Å². The second kappa shape index (κ2) is 7.83. The minimum atomic E-state index is -0.945. The molecule has 31 heavy (non-hydrogen) atoms. The first kappa shape index (κ1) is 19.8. The quantitative estimate of drug-likeness (QED) is 0.569. The molecule has 3 aromatic carbocycles. The van der Waals surface area contributed by atoms with E-state index in [1.54, 1.807) is 23.3 Å². The van der Waals surface area contributed by atoms with Crippen molar-refractivity contribution in [3.8, 4) is 5.75 Å². The van der Waals surface area contributed by atoms with E-state index in [2.05, 4.69) is 15.9 Å². The number of rotatable bonds is 4. The lowest BCUT2D eigenvalue weighted by atomic mass is 9.90. The lowest BCUT2D eigenvalue weighted by molar-refractivity contribution is -0.143. The van der Waals surface area contributed by atoms with Crippen LogP contribution in [0.25, 0.3) is 0 Å². The number of phenolic OH excluding ortho intramolecular Hbond substituents is 1. The Morgan fingerprint density at radius 1 is 0.903 bits per heavy atom. The smallest absolute Gasteiger partial charge is 0.262 e. The molecule has 0 bridgehead atoms. The molecule has 2 heterocycles. The van der Waals surface area contributed by atoms with Crippen molar-refractivity contribution in [3.63, 3.8) is 0 Å². The Labute approximate surface area is 187 Å². The average molecular weight is 479 g/mol. The monoisotopic (exact) mass is 478 g/mol. The van der Waals surface area contributed by atoms with E-state index in [1.165, 1.54) is 4.90 Å². The van der Waals surface area contributed by atoms with Crippen molar-refractivity contribution in [1.29, 1.82) is 0 Å². The number of phenols is 1. The molecule has 7 heteroatoms. The lowest BCUT2D eigenvalue weighted by Crippen LogP contribution is -2.37. The van der Waals surface area contributed by atoms with Gasteiger partial charge < -0.3 is 5.11 Å². The largest absolute Gasteiger partial charge is 0.508 e. The minimum absolute atomic E-state index is 0.0418. The first-order chi connectivity index (χ1) is 15.0. The van der Waals surface area contributed by atoms with Gasteiger partial charge in [-0.1, -0.05) is 64.5 Å². The van der Waals surface area contributed by atoms with Gasteiger partial charge in [0.1, 0.15) is 11.7 Å². The van der Waals surface area contributed by atoms with E-state index in [1.807, 2.05) is 60.7 Å². The van der Waals surface area contributed by atoms with Crippen molar-refractivity contribution < 1.29 is 19.5 Å². The van der Waals surface area contributed by atoms with Crippen molar-refractivity contribution in [1.82, 2.24) is 4.90 Å². The van der Waals surface area contributed by atoms with E-state index in [0.717, 1.165) is 10.0 Å². The number of benzene rings is 3. The molecule has 3 atom stereocenters. The van der Waals surface area contributed by atoms with Gasteiger partial charge in [-0.2, -0.15) is 0 Å². The van der Waals surface area contributed by atoms with Crippen molar-refractivity contribution >= 4 is 33.4 Å². The third-order valence-corrected chi connectivity index (χ3v) is 6.20. The number of carbonyl (C=O) groups excluding carboxylic acids is 2. The number of carbonyl (C=O) groups is 2. The van der Waals surface area contributed by atoms with Crippen molar-refractivity contribution in [2.75, 3.05) is 5.06 Å². The fourth-order valence-corrected chi connectivity index (χ4v) is 4.65. The van der Waals surface area contributed by atoms with Crippen molar-refractivity contribution in [3.05, 3.63) is 94.5 Å². The maximum atomic E-state index is 13.5. The van der Waals surface area contributed by atoms with E-state index in [4.69, 9.17) is 4.84 Å². The molecule has 2 aliphatic rings. The van der Waals surface area contributed by atoms with E-state index >= 15 is 0 Å². The normalized spacial score (nSPS) is 22.8. The van der Waals surface area contributed by atoms with Crippen molar-refractivity contribution in [2.24, 2.45) is 5.92 Å². The summed E-state index contributed by atoms with van der Waals surface area (Å²) in [5.74, 6) is -1.39. The Balaban J connectivity index is 1.56. The fourth-order valence-electron chi connectivity index (χ4n) is 4.27. The average Bonchev–Trinajstić information content (AvgIpc) is 3.29. The number of imide groups is 1. The van der Waals surface area contributed by atoms with Crippen LogP contribution in [0.2, 0.25) is 0 Å². The zero-order valence-corrected chi connectivity index (χ0v) is 18.0. The molecule has 6 nitrogen and oxygen atoms in total. The number of nitrogens with zero attached hydrogens (tertiary/aromatic N) is 2. The molecule has 156 valence electrons. The van der Waals surface area contributed by atoms with Gasteiger partial charge in [-0.05, 0) is 35.9 Å². The van der Waals surface area contributed by atoms with Crippen LogP contribution in [0, 0.1) is 5.92 Å². The number of anilines is 1. The molecule has 0 spiro atoms. The summed E-state index contributed by atoms with van der Waals surface area (Å²) in [4.78, 5) is 34.0. The van der Waals surface area contributed by atoms with Crippen LogP contribution in [-0.2, 0) is 21.0 Å². The number of likely N-dealkylation sites (tertiary alicyclic amines) is 1. The Bertz CT molecular complexity index is 1140. The summed E-state index contributed by atoms with van der Waals surface area (Å²) in [6, 6.07) is 23.1. The van der Waals surface area contributed by atoms with Crippen LogP contribution in [0.4, 0.5) is 5.69 Å². The minimum Gasteiger partial charge on any atom is -0.508 e. The topological polar surface area (TPSA) is 70.1 Å². The van der Waals surface area contributed by atoms with Gasteiger partial charge in [0.05, 0.1) is 18.3 Å². The predicted molar refractivity (Wildman–Crippen MR) is 118 cm³/mol. The summed E-state index contributed by atoms with van der Waals surface area (Å²) in [7, 11) is 0. The van der Waals surface area contributed by atoms with Crippen LogP contribution in [0.3, 0.4) is 0 Å². The van der Waals surface area contributed by atoms with Crippen LogP contribution >= 0.6 is 15.9 Å². The van der Waals surface area contributed by atoms with Crippen molar-refractivity contribution in [2.45, 2.75) is 18.7 Å². The molecule has 3 aromatic rings. The molecule has 0 aliphatic carbocycles. The van der Waals surface area contributed by atoms with Gasteiger partial charge in [0, 0.05) is 10.0 Å². The van der Waals surface area contributed by atoms with Crippen LogP contribution < -0.4 is 5.06 Å². The zero-order valence-electron chi connectivity index (χ0n) is 16.4. The van der Waals surface area contributed by atoms with Gasteiger partial charge in [-0.25, -0.2) is 5.06 Å².